The van der Waals surface area contributed by atoms with E-state index in [2.05, 4.69) is 10.1 Å². The minimum Gasteiger partial charge on any atom is -0.461 e. The number of nitrogens with zero attached hydrogens (tertiary/aromatic N) is 2. The highest BCUT2D eigenvalue weighted by atomic mass is 16.7. The molecule has 0 spiro atoms. The standard InChI is InChI=1S/C22H29N3O7/c1-14(2)30-18(27)17(12-11-16(26)13-24-23)25-21(29)32-19(15-9-7-6-8-10-15)31-20(28)22(3,4)5/h6-10,13-14,17,19H,11-12H2,1-5H3,(H,25,29)/t17-,19?/m0/s1. The summed E-state index contributed by atoms with van der Waals surface area (Å²) < 4.78 is 15.8. The average molecular weight is 447 g/mol. The summed E-state index contributed by atoms with van der Waals surface area (Å²) in [5, 5.41) is 2.35. The van der Waals surface area contributed by atoms with Crippen molar-refractivity contribution in [2.45, 2.75) is 65.9 Å². The van der Waals surface area contributed by atoms with Crippen LogP contribution in [0.25, 0.3) is 5.53 Å². The van der Waals surface area contributed by atoms with Gasteiger partial charge in [-0.3, -0.25) is 9.59 Å². The Hall–Kier alpha value is -3.52. The van der Waals surface area contributed by atoms with E-state index in [0.29, 0.717) is 11.8 Å². The smallest absolute Gasteiger partial charge is 0.411 e. The Morgan fingerprint density at radius 1 is 1.06 bits per heavy atom. The number of rotatable bonds is 10. The molecule has 0 saturated carbocycles. The van der Waals surface area contributed by atoms with Crippen LogP contribution in [-0.2, 0) is 28.6 Å². The van der Waals surface area contributed by atoms with Crippen molar-refractivity contribution >= 4 is 30.0 Å². The van der Waals surface area contributed by atoms with Gasteiger partial charge in [0.05, 0.1) is 11.5 Å². The number of esters is 2. The Balaban J connectivity index is 2.98. The summed E-state index contributed by atoms with van der Waals surface area (Å²) in [6.07, 6.45) is -2.47. The summed E-state index contributed by atoms with van der Waals surface area (Å²) in [6, 6.07) is 7.14. The largest absolute Gasteiger partial charge is 0.461 e. The maximum absolute atomic E-state index is 12.5. The second-order valence-corrected chi connectivity index (χ2v) is 8.24. The topological polar surface area (TPSA) is 144 Å². The van der Waals surface area contributed by atoms with E-state index in [1.807, 2.05) is 0 Å². The van der Waals surface area contributed by atoms with Crippen LogP contribution in [0.4, 0.5) is 4.79 Å². The molecule has 0 aliphatic heterocycles. The molecule has 1 amide bonds. The number of hydrogen-bond acceptors (Lipinski definition) is 7. The molecular weight excluding hydrogens is 418 g/mol. The normalized spacial score (nSPS) is 12.7. The summed E-state index contributed by atoms with van der Waals surface area (Å²) in [7, 11) is 0. The molecule has 0 aromatic heterocycles. The second-order valence-electron chi connectivity index (χ2n) is 8.24. The van der Waals surface area contributed by atoms with Crippen LogP contribution >= 0.6 is 0 Å². The second kappa shape index (κ2) is 12.4. The van der Waals surface area contributed by atoms with Crippen molar-refractivity contribution in [3.05, 3.63) is 41.4 Å². The predicted molar refractivity (Wildman–Crippen MR) is 113 cm³/mol. The van der Waals surface area contributed by atoms with Crippen LogP contribution in [0.15, 0.2) is 30.3 Å². The number of amides is 1. The van der Waals surface area contributed by atoms with Crippen molar-refractivity contribution in [2.75, 3.05) is 0 Å². The average Bonchev–Trinajstić information content (AvgIpc) is 2.70. The Bertz CT molecular complexity index is 856. The molecule has 0 aliphatic carbocycles. The van der Waals surface area contributed by atoms with Gasteiger partial charge in [-0.2, -0.15) is 4.79 Å². The molecule has 0 fully saturated rings. The zero-order valence-corrected chi connectivity index (χ0v) is 18.9. The highest BCUT2D eigenvalue weighted by molar-refractivity contribution is 6.25. The first-order chi connectivity index (χ1) is 14.9. The fourth-order valence-corrected chi connectivity index (χ4v) is 2.30. The lowest BCUT2D eigenvalue weighted by Crippen LogP contribution is -2.44. The van der Waals surface area contributed by atoms with Gasteiger partial charge in [-0.05, 0) is 41.0 Å². The summed E-state index contributed by atoms with van der Waals surface area (Å²) in [4.78, 5) is 51.5. The fourth-order valence-electron chi connectivity index (χ4n) is 2.30. The summed E-state index contributed by atoms with van der Waals surface area (Å²) >= 11 is 0. The first kappa shape index (κ1) is 26.5. The summed E-state index contributed by atoms with van der Waals surface area (Å²) in [6.45, 7) is 8.23. The van der Waals surface area contributed by atoms with Crippen molar-refractivity contribution in [1.82, 2.24) is 5.32 Å². The molecule has 2 atom stereocenters. The maximum Gasteiger partial charge on any atom is 0.411 e. The first-order valence-electron chi connectivity index (χ1n) is 10.1. The Morgan fingerprint density at radius 2 is 1.69 bits per heavy atom. The first-order valence-corrected chi connectivity index (χ1v) is 10.1. The van der Waals surface area contributed by atoms with Crippen LogP contribution in [0.1, 0.15) is 59.3 Å². The van der Waals surface area contributed by atoms with E-state index in [0.717, 1.165) is 0 Å². The molecule has 0 bridgehead atoms. The van der Waals surface area contributed by atoms with Crippen molar-refractivity contribution in [3.63, 3.8) is 0 Å². The SMILES string of the molecule is CC(C)OC(=O)[C@H](CCC(=O)C=[N+]=[N-])NC(=O)OC(OC(=O)C(C)(C)C)c1ccccc1. The van der Waals surface area contributed by atoms with Gasteiger partial charge in [0.1, 0.15) is 6.04 Å². The van der Waals surface area contributed by atoms with E-state index in [1.165, 1.54) is 0 Å². The molecule has 1 N–H and O–H groups in total. The van der Waals surface area contributed by atoms with Gasteiger partial charge in [-0.25, -0.2) is 9.59 Å². The van der Waals surface area contributed by atoms with Crippen LogP contribution < -0.4 is 5.32 Å². The lowest BCUT2D eigenvalue weighted by Gasteiger charge is -2.24. The van der Waals surface area contributed by atoms with Crippen molar-refractivity contribution in [2.24, 2.45) is 5.41 Å². The molecule has 0 saturated heterocycles. The van der Waals surface area contributed by atoms with Crippen LogP contribution in [-0.4, -0.2) is 47.0 Å². The van der Waals surface area contributed by atoms with E-state index < -0.39 is 47.7 Å². The van der Waals surface area contributed by atoms with Crippen LogP contribution in [0, 0.1) is 5.41 Å². The van der Waals surface area contributed by atoms with E-state index >= 15 is 0 Å². The van der Waals surface area contributed by atoms with Gasteiger partial charge in [0.25, 0.3) is 6.29 Å². The van der Waals surface area contributed by atoms with E-state index in [9.17, 15) is 19.2 Å². The van der Waals surface area contributed by atoms with Crippen LogP contribution in [0.3, 0.4) is 0 Å². The van der Waals surface area contributed by atoms with Crippen LogP contribution in [0.2, 0.25) is 0 Å². The number of Topliss-reactive ketones (excluding diaryl/α,β-unsaturated/α-hetero) is 1. The Kier molecular flexibility index (Phi) is 10.2. The quantitative estimate of drug-likeness (QED) is 0.191. The minimum absolute atomic E-state index is 0.122. The predicted octanol–water partition coefficient (Wildman–Crippen LogP) is 2.97. The number of alkyl carbamates (subject to hydrolysis) is 1. The molecule has 10 heteroatoms. The molecule has 0 aliphatic rings. The minimum atomic E-state index is -1.35. The van der Waals surface area contributed by atoms with Gasteiger partial charge in [0.15, 0.2) is 0 Å². The van der Waals surface area contributed by atoms with Crippen molar-refractivity contribution in [1.29, 1.82) is 0 Å². The van der Waals surface area contributed by atoms with Crippen LogP contribution in [0.5, 0.6) is 0 Å². The summed E-state index contributed by atoms with van der Waals surface area (Å²) in [5.74, 6) is -1.91. The molecule has 1 unspecified atom stereocenters. The zero-order valence-electron chi connectivity index (χ0n) is 18.9. The third-order valence-electron chi connectivity index (χ3n) is 3.92. The fraction of sp³-hybridized carbons (Fsp3) is 0.500. The number of benzene rings is 1. The van der Waals surface area contributed by atoms with E-state index in [-0.39, 0.29) is 12.8 Å². The number of nitrogens with one attached hydrogen (secondary N) is 1. The Labute approximate surface area is 186 Å². The van der Waals surface area contributed by atoms with Gasteiger partial charge in [-0.15, -0.1) is 0 Å². The van der Waals surface area contributed by atoms with Gasteiger partial charge in [-0.1, -0.05) is 30.3 Å². The van der Waals surface area contributed by atoms with Crippen molar-refractivity contribution in [3.8, 4) is 0 Å². The third kappa shape index (κ3) is 9.53. The molecule has 0 heterocycles. The molecule has 0 radical (unpaired) electrons. The zero-order chi connectivity index (χ0) is 24.3. The van der Waals surface area contributed by atoms with Gasteiger partial charge in [0.2, 0.25) is 5.78 Å². The molecule has 1 rings (SSSR count). The van der Waals surface area contributed by atoms with Crippen molar-refractivity contribution < 1.29 is 38.2 Å². The monoisotopic (exact) mass is 447 g/mol. The molecular formula is C22H29N3O7. The lowest BCUT2D eigenvalue weighted by atomic mass is 9.97. The highest BCUT2D eigenvalue weighted by Gasteiger charge is 2.31. The lowest BCUT2D eigenvalue weighted by molar-refractivity contribution is -0.179. The molecule has 174 valence electrons. The van der Waals surface area contributed by atoms with E-state index in [1.54, 1.807) is 65.0 Å². The molecule has 32 heavy (non-hydrogen) atoms. The molecule has 10 nitrogen and oxygen atoms in total. The third-order valence-corrected chi connectivity index (χ3v) is 3.92. The highest BCUT2D eigenvalue weighted by Crippen LogP contribution is 2.25. The number of hydrogen-bond donors (Lipinski definition) is 1. The summed E-state index contributed by atoms with van der Waals surface area (Å²) in [5.41, 5.74) is 8.01. The van der Waals surface area contributed by atoms with Gasteiger partial charge in [0, 0.05) is 12.0 Å². The molecule has 1 aromatic carbocycles. The number of carbonyl (C=O) groups excluding carboxylic acids is 4. The van der Waals surface area contributed by atoms with E-state index in [4.69, 9.17) is 19.7 Å². The number of ketones is 1. The van der Waals surface area contributed by atoms with Gasteiger partial charge >= 0.3 is 24.2 Å². The molecule has 1 aromatic rings. The Morgan fingerprint density at radius 3 is 2.22 bits per heavy atom. The maximum atomic E-state index is 12.5. The van der Waals surface area contributed by atoms with Gasteiger partial charge < -0.3 is 25.1 Å². The number of carbonyl (C=O) groups is 4. The number of ether oxygens (including phenoxy) is 3.